The first-order valence-electron chi connectivity index (χ1n) is 6.66. The monoisotopic (exact) mass is 269 g/mol. The summed E-state index contributed by atoms with van der Waals surface area (Å²) in [5, 5.41) is 14.7. The molecule has 3 rings (SSSR count). The van der Waals surface area contributed by atoms with Crippen LogP contribution in [0.15, 0.2) is 30.7 Å². The number of anilines is 1. The molecule has 0 aromatic carbocycles. The second kappa shape index (κ2) is 5.21. The molecule has 2 heterocycles. The van der Waals surface area contributed by atoms with E-state index in [-0.39, 0.29) is 18.0 Å². The van der Waals surface area contributed by atoms with Crippen LogP contribution in [-0.2, 0) is 0 Å². The third-order valence-corrected chi connectivity index (χ3v) is 3.65. The summed E-state index contributed by atoms with van der Waals surface area (Å²) in [6.45, 7) is 0. The number of hydrogen-bond donors (Lipinski definition) is 2. The van der Waals surface area contributed by atoms with Crippen LogP contribution < -0.4 is 10.6 Å². The van der Waals surface area contributed by atoms with Crippen LogP contribution in [0, 0.1) is 17.2 Å². The Morgan fingerprint density at radius 2 is 2.35 bits per heavy atom. The molecule has 2 amide bonds. The highest BCUT2D eigenvalue weighted by Gasteiger charge is 2.28. The van der Waals surface area contributed by atoms with Crippen LogP contribution in [0.4, 0.5) is 10.5 Å². The van der Waals surface area contributed by atoms with Gasteiger partial charge in [-0.15, -0.1) is 0 Å². The summed E-state index contributed by atoms with van der Waals surface area (Å²) in [6, 6.07) is 5.54. The number of pyridine rings is 1. The first-order chi connectivity index (χ1) is 9.76. The van der Waals surface area contributed by atoms with E-state index < -0.39 is 0 Å². The third kappa shape index (κ3) is 2.43. The number of urea groups is 1. The van der Waals surface area contributed by atoms with E-state index >= 15 is 0 Å². The molecule has 2 unspecified atom stereocenters. The van der Waals surface area contributed by atoms with Gasteiger partial charge in [-0.1, -0.05) is 0 Å². The molecule has 2 aromatic heterocycles. The topological polar surface area (TPSA) is 82.2 Å². The van der Waals surface area contributed by atoms with E-state index in [4.69, 9.17) is 5.26 Å². The summed E-state index contributed by atoms with van der Waals surface area (Å²) in [4.78, 5) is 16.1. The van der Waals surface area contributed by atoms with Gasteiger partial charge in [-0.3, -0.25) is 0 Å². The summed E-state index contributed by atoms with van der Waals surface area (Å²) in [7, 11) is 0. The van der Waals surface area contributed by atoms with Crippen LogP contribution in [0.1, 0.15) is 19.3 Å². The Hall–Kier alpha value is -2.55. The Bertz CT molecular complexity index is 671. The molecule has 1 fully saturated rings. The predicted octanol–water partition coefficient (Wildman–Crippen LogP) is 2.15. The Morgan fingerprint density at radius 3 is 3.20 bits per heavy atom. The van der Waals surface area contributed by atoms with Gasteiger partial charge in [-0.25, -0.2) is 9.78 Å². The van der Waals surface area contributed by atoms with Crippen molar-refractivity contribution in [3.63, 3.8) is 0 Å². The van der Waals surface area contributed by atoms with E-state index in [0.29, 0.717) is 5.69 Å². The number of amides is 2. The van der Waals surface area contributed by atoms with Gasteiger partial charge in [-0.2, -0.15) is 5.26 Å². The summed E-state index contributed by atoms with van der Waals surface area (Å²) in [6.07, 6.45) is 8.10. The van der Waals surface area contributed by atoms with Gasteiger partial charge in [0.25, 0.3) is 0 Å². The maximum absolute atomic E-state index is 11.9. The molecule has 1 saturated carbocycles. The molecule has 6 heteroatoms. The lowest BCUT2D eigenvalue weighted by Gasteiger charge is -2.16. The quantitative estimate of drug-likeness (QED) is 0.876. The molecule has 0 radical (unpaired) electrons. The zero-order valence-electron chi connectivity index (χ0n) is 10.9. The Kier molecular flexibility index (Phi) is 3.25. The highest BCUT2D eigenvalue weighted by Crippen LogP contribution is 2.24. The maximum atomic E-state index is 11.9. The molecule has 0 aliphatic heterocycles. The van der Waals surface area contributed by atoms with E-state index in [1.807, 2.05) is 22.9 Å². The third-order valence-electron chi connectivity index (χ3n) is 3.65. The normalized spacial score (nSPS) is 21.6. The zero-order valence-corrected chi connectivity index (χ0v) is 10.9. The number of hydrogen-bond acceptors (Lipinski definition) is 3. The predicted molar refractivity (Wildman–Crippen MR) is 74.1 cm³/mol. The minimum absolute atomic E-state index is 0.0462. The highest BCUT2D eigenvalue weighted by molar-refractivity contribution is 5.90. The fourth-order valence-corrected chi connectivity index (χ4v) is 2.61. The summed E-state index contributed by atoms with van der Waals surface area (Å²) >= 11 is 0. The van der Waals surface area contributed by atoms with Gasteiger partial charge in [0.1, 0.15) is 5.65 Å². The van der Waals surface area contributed by atoms with Crippen molar-refractivity contribution in [1.29, 1.82) is 5.26 Å². The molecule has 1 aliphatic rings. The van der Waals surface area contributed by atoms with Crippen LogP contribution in [-0.4, -0.2) is 21.5 Å². The number of aromatic nitrogens is 2. The molecule has 1 aliphatic carbocycles. The number of fused-ring (bicyclic) bond motifs is 1. The van der Waals surface area contributed by atoms with Crippen molar-refractivity contribution in [3.8, 4) is 6.07 Å². The van der Waals surface area contributed by atoms with Crippen LogP contribution in [0.2, 0.25) is 0 Å². The smallest absolute Gasteiger partial charge is 0.319 e. The van der Waals surface area contributed by atoms with Gasteiger partial charge in [0, 0.05) is 36.4 Å². The van der Waals surface area contributed by atoms with Gasteiger partial charge in [0.05, 0.1) is 12.0 Å². The second-order valence-electron chi connectivity index (χ2n) is 4.98. The average Bonchev–Trinajstić information content (AvgIpc) is 3.06. The van der Waals surface area contributed by atoms with Gasteiger partial charge in [0.15, 0.2) is 0 Å². The molecular formula is C14H15N5O. The number of nitriles is 1. The molecule has 2 atom stereocenters. The van der Waals surface area contributed by atoms with Crippen molar-refractivity contribution in [2.24, 2.45) is 5.92 Å². The largest absolute Gasteiger partial charge is 0.334 e. The lowest BCUT2D eigenvalue weighted by molar-refractivity contribution is 0.247. The van der Waals surface area contributed by atoms with Gasteiger partial charge in [-0.05, 0) is 25.3 Å². The number of nitrogens with zero attached hydrogens (tertiary/aromatic N) is 3. The summed E-state index contributed by atoms with van der Waals surface area (Å²) in [5.74, 6) is -0.0736. The van der Waals surface area contributed by atoms with Crippen molar-refractivity contribution in [2.45, 2.75) is 25.3 Å². The molecule has 20 heavy (non-hydrogen) atoms. The molecule has 0 bridgehead atoms. The average molecular weight is 269 g/mol. The number of imidazole rings is 1. The highest BCUT2D eigenvalue weighted by atomic mass is 16.2. The fraction of sp³-hybridized carbons (Fsp3) is 0.357. The van der Waals surface area contributed by atoms with Crippen LogP contribution in [0.5, 0.6) is 0 Å². The number of carbonyl (C=O) groups is 1. The minimum atomic E-state index is -0.270. The van der Waals surface area contributed by atoms with E-state index in [2.05, 4.69) is 21.7 Å². The van der Waals surface area contributed by atoms with E-state index in [1.54, 1.807) is 12.3 Å². The SMILES string of the molecule is N#CC1CCCC1NC(=O)Nc1ccn2ccnc2c1. The molecule has 6 nitrogen and oxygen atoms in total. The minimum Gasteiger partial charge on any atom is -0.334 e. The van der Waals surface area contributed by atoms with E-state index in [9.17, 15) is 4.79 Å². The van der Waals surface area contributed by atoms with E-state index in [0.717, 1.165) is 24.9 Å². The van der Waals surface area contributed by atoms with Crippen molar-refractivity contribution in [3.05, 3.63) is 30.7 Å². The lowest BCUT2D eigenvalue weighted by Crippen LogP contribution is -2.39. The molecule has 102 valence electrons. The molecule has 0 spiro atoms. The number of rotatable bonds is 2. The molecule has 2 N–H and O–H groups in total. The molecular weight excluding hydrogens is 254 g/mol. The van der Waals surface area contributed by atoms with E-state index in [1.165, 1.54) is 0 Å². The Balaban J connectivity index is 1.65. The standard InChI is InChI=1S/C14H15N5O/c15-9-10-2-1-3-12(10)18-14(20)17-11-4-6-19-7-5-16-13(19)8-11/h4-8,10,12H,1-3H2,(H2,17,18,20). The van der Waals surface area contributed by atoms with Gasteiger partial charge >= 0.3 is 6.03 Å². The first kappa shape index (κ1) is 12.5. The summed E-state index contributed by atoms with van der Waals surface area (Å²) in [5.41, 5.74) is 1.46. The van der Waals surface area contributed by atoms with Crippen LogP contribution >= 0.6 is 0 Å². The van der Waals surface area contributed by atoms with Gasteiger partial charge in [0.2, 0.25) is 0 Å². The lowest BCUT2D eigenvalue weighted by atomic mass is 10.1. The molecule has 2 aromatic rings. The first-order valence-corrected chi connectivity index (χ1v) is 6.66. The molecule has 0 saturated heterocycles. The van der Waals surface area contributed by atoms with Crippen molar-refractivity contribution >= 4 is 17.4 Å². The van der Waals surface area contributed by atoms with Crippen molar-refractivity contribution < 1.29 is 4.79 Å². The Morgan fingerprint density at radius 1 is 1.45 bits per heavy atom. The number of carbonyl (C=O) groups excluding carboxylic acids is 1. The fourth-order valence-electron chi connectivity index (χ4n) is 2.61. The summed E-state index contributed by atoms with van der Waals surface area (Å²) < 4.78 is 1.87. The van der Waals surface area contributed by atoms with Crippen molar-refractivity contribution in [1.82, 2.24) is 14.7 Å². The Labute approximate surface area is 116 Å². The van der Waals surface area contributed by atoms with Crippen LogP contribution in [0.3, 0.4) is 0 Å². The maximum Gasteiger partial charge on any atom is 0.319 e. The van der Waals surface area contributed by atoms with Gasteiger partial charge < -0.3 is 15.0 Å². The zero-order chi connectivity index (χ0) is 13.9. The van der Waals surface area contributed by atoms with Crippen molar-refractivity contribution in [2.75, 3.05) is 5.32 Å². The number of nitrogens with one attached hydrogen (secondary N) is 2. The van der Waals surface area contributed by atoms with Crippen LogP contribution in [0.25, 0.3) is 5.65 Å². The second-order valence-corrected chi connectivity index (χ2v) is 4.98.